The molecule has 0 saturated carbocycles. The Labute approximate surface area is 194 Å². The number of nitrogens with zero attached hydrogens (tertiary/aromatic N) is 2. The van der Waals surface area contributed by atoms with Gasteiger partial charge in [-0.2, -0.15) is 0 Å². The van der Waals surface area contributed by atoms with Crippen LogP contribution in [-0.4, -0.2) is 63.8 Å². The summed E-state index contributed by atoms with van der Waals surface area (Å²) in [7, 11) is 8.61. The number of ether oxygens (including phenoxy) is 1. The molecule has 1 aromatic carbocycles. The van der Waals surface area contributed by atoms with Crippen molar-refractivity contribution in [2.45, 2.75) is 6.42 Å². The minimum absolute atomic E-state index is 0.381. The van der Waals surface area contributed by atoms with Gasteiger partial charge in [-0.15, -0.1) is 0 Å². The Morgan fingerprint density at radius 3 is 2.45 bits per heavy atom. The zero-order valence-corrected chi connectivity index (χ0v) is 21.6. The third-order valence-electron chi connectivity index (χ3n) is 4.82. The standard InChI is InChI=1S/C20H24Br3N2O4/c1-24(2)8-10-25(3,4)9-5-11-27-19-17-12(6-7-13(26)28-17)15(21)14-16(22)20(23)29-18(14)19/h6-7H,5,8-11H2,1-4H3/q+1. The summed E-state index contributed by atoms with van der Waals surface area (Å²) in [6, 6.07) is 3.13. The molecule has 29 heavy (non-hydrogen) atoms. The molecule has 0 N–H and O–H groups in total. The number of halogens is 3. The van der Waals surface area contributed by atoms with E-state index in [1.807, 2.05) is 0 Å². The molecule has 0 amide bonds. The summed E-state index contributed by atoms with van der Waals surface area (Å²) >= 11 is 10.6. The molecule has 0 bridgehead atoms. The number of rotatable bonds is 8. The summed E-state index contributed by atoms with van der Waals surface area (Å²) in [5, 5.41) is 1.58. The van der Waals surface area contributed by atoms with Gasteiger partial charge in [0.2, 0.25) is 5.75 Å². The van der Waals surface area contributed by atoms with E-state index in [-0.39, 0.29) is 0 Å². The summed E-state index contributed by atoms with van der Waals surface area (Å²) in [6.07, 6.45) is 0.861. The lowest BCUT2D eigenvalue weighted by atomic mass is 10.1. The van der Waals surface area contributed by atoms with Crippen LogP contribution in [0.2, 0.25) is 0 Å². The average Bonchev–Trinajstić information content (AvgIpc) is 2.94. The Bertz CT molecular complexity index is 1090. The Morgan fingerprint density at radius 1 is 1.03 bits per heavy atom. The number of fused-ring (bicyclic) bond motifs is 2. The maximum absolute atomic E-state index is 11.9. The summed E-state index contributed by atoms with van der Waals surface area (Å²) in [4.78, 5) is 14.0. The number of benzene rings is 1. The van der Waals surface area contributed by atoms with Gasteiger partial charge >= 0.3 is 5.63 Å². The van der Waals surface area contributed by atoms with Crippen LogP contribution in [0.15, 0.2) is 39.4 Å². The van der Waals surface area contributed by atoms with Crippen molar-refractivity contribution >= 4 is 69.7 Å². The van der Waals surface area contributed by atoms with Crippen molar-refractivity contribution in [1.29, 1.82) is 0 Å². The van der Waals surface area contributed by atoms with Crippen molar-refractivity contribution in [3.8, 4) is 5.75 Å². The maximum Gasteiger partial charge on any atom is 0.336 e. The fraction of sp³-hybridized carbons (Fsp3) is 0.450. The van der Waals surface area contributed by atoms with Crippen molar-refractivity contribution in [2.24, 2.45) is 0 Å². The van der Waals surface area contributed by atoms with Crippen LogP contribution in [0.5, 0.6) is 5.75 Å². The lowest BCUT2D eigenvalue weighted by Gasteiger charge is -2.31. The van der Waals surface area contributed by atoms with Gasteiger partial charge in [-0.3, -0.25) is 0 Å². The van der Waals surface area contributed by atoms with Crippen LogP contribution in [0.3, 0.4) is 0 Å². The van der Waals surface area contributed by atoms with Crippen LogP contribution >= 0.6 is 47.8 Å². The maximum atomic E-state index is 11.9. The van der Waals surface area contributed by atoms with Crippen LogP contribution in [0.1, 0.15) is 6.42 Å². The molecule has 2 aromatic heterocycles. The molecule has 2 heterocycles. The van der Waals surface area contributed by atoms with Crippen molar-refractivity contribution in [2.75, 3.05) is 54.4 Å². The van der Waals surface area contributed by atoms with E-state index in [4.69, 9.17) is 13.6 Å². The summed E-state index contributed by atoms with van der Waals surface area (Å²) in [5.41, 5.74) is 0.477. The number of likely N-dealkylation sites (N-methyl/N-ethyl adjacent to an activating group) is 2. The molecular weight excluding hydrogens is 572 g/mol. The third kappa shape index (κ3) is 5.07. The molecule has 0 aliphatic rings. The smallest absolute Gasteiger partial charge is 0.336 e. The molecule has 0 fully saturated rings. The van der Waals surface area contributed by atoms with Gasteiger partial charge in [0.15, 0.2) is 15.8 Å². The van der Waals surface area contributed by atoms with E-state index in [1.54, 1.807) is 6.07 Å². The van der Waals surface area contributed by atoms with Crippen molar-refractivity contribution in [3.63, 3.8) is 0 Å². The van der Waals surface area contributed by atoms with Crippen molar-refractivity contribution < 1.29 is 18.1 Å². The number of hydrogen-bond donors (Lipinski definition) is 0. The second kappa shape index (κ2) is 9.09. The summed E-state index contributed by atoms with van der Waals surface area (Å²) in [6.45, 7) is 3.56. The molecule has 0 radical (unpaired) electrons. The fourth-order valence-electron chi connectivity index (χ4n) is 3.12. The van der Waals surface area contributed by atoms with Crippen LogP contribution in [-0.2, 0) is 0 Å². The van der Waals surface area contributed by atoms with E-state index in [0.717, 1.165) is 50.3 Å². The van der Waals surface area contributed by atoms with E-state index < -0.39 is 5.63 Å². The van der Waals surface area contributed by atoms with Gasteiger partial charge < -0.3 is 23.0 Å². The quantitative estimate of drug-likeness (QED) is 0.203. The summed E-state index contributed by atoms with van der Waals surface area (Å²) in [5.74, 6) is 0.445. The van der Waals surface area contributed by atoms with E-state index in [1.165, 1.54) is 6.07 Å². The SMILES string of the molecule is CN(C)CC[N+](C)(C)CCCOc1c2oc(=O)ccc2c(Br)c2c(Br)c(Br)oc12. The molecule has 6 nitrogen and oxygen atoms in total. The van der Waals surface area contributed by atoms with Crippen LogP contribution < -0.4 is 10.4 Å². The average molecular weight is 596 g/mol. The lowest BCUT2D eigenvalue weighted by molar-refractivity contribution is -0.890. The minimum Gasteiger partial charge on any atom is -0.486 e. The van der Waals surface area contributed by atoms with Gasteiger partial charge in [0.05, 0.1) is 43.7 Å². The zero-order valence-electron chi connectivity index (χ0n) is 16.9. The van der Waals surface area contributed by atoms with Crippen LogP contribution in [0.4, 0.5) is 0 Å². The van der Waals surface area contributed by atoms with Gasteiger partial charge in [0.25, 0.3) is 0 Å². The molecule has 0 saturated heterocycles. The van der Waals surface area contributed by atoms with Gasteiger partial charge in [0, 0.05) is 28.9 Å². The molecule has 158 valence electrons. The second-order valence-corrected chi connectivity index (χ2v) is 10.2. The molecule has 0 aliphatic carbocycles. The van der Waals surface area contributed by atoms with Gasteiger partial charge in [0.1, 0.15) is 0 Å². The molecule has 0 aliphatic heterocycles. The lowest BCUT2D eigenvalue weighted by Crippen LogP contribution is -2.45. The normalized spacial score (nSPS) is 12.4. The van der Waals surface area contributed by atoms with E-state index >= 15 is 0 Å². The predicted octanol–water partition coefficient (Wildman–Crippen LogP) is 5.23. The molecule has 0 spiro atoms. The molecule has 0 unspecified atom stereocenters. The summed E-state index contributed by atoms with van der Waals surface area (Å²) < 4.78 is 20.5. The van der Waals surface area contributed by atoms with E-state index in [0.29, 0.717) is 28.2 Å². The van der Waals surface area contributed by atoms with Crippen molar-refractivity contribution in [1.82, 2.24) is 4.90 Å². The van der Waals surface area contributed by atoms with E-state index in [9.17, 15) is 4.79 Å². The first kappa shape index (κ1) is 22.8. The highest BCUT2D eigenvalue weighted by molar-refractivity contribution is 9.13. The number of quaternary nitrogens is 1. The minimum atomic E-state index is -0.431. The Morgan fingerprint density at radius 2 is 1.76 bits per heavy atom. The first-order chi connectivity index (χ1) is 13.6. The topological polar surface area (TPSA) is 55.8 Å². The molecule has 3 rings (SSSR count). The van der Waals surface area contributed by atoms with Gasteiger partial charge in [-0.05, 0) is 68.0 Å². The molecule has 0 atom stereocenters. The highest BCUT2D eigenvalue weighted by Gasteiger charge is 2.24. The zero-order chi connectivity index (χ0) is 21.3. The highest BCUT2D eigenvalue weighted by Crippen LogP contribution is 2.47. The number of hydrogen-bond acceptors (Lipinski definition) is 5. The number of furan rings is 1. The molecule has 3 aromatic rings. The van der Waals surface area contributed by atoms with Crippen LogP contribution in [0, 0.1) is 0 Å². The van der Waals surface area contributed by atoms with Gasteiger partial charge in [-0.1, -0.05) is 0 Å². The predicted molar refractivity (Wildman–Crippen MR) is 126 cm³/mol. The second-order valence-electron chi connectivity index (χ2n) is 7.92. The van der Waals surface area contributed by atoms with E-state index in [2.05, 4.69) is 80.9 Å². The van der Waals surface area contributed by atoms with Crippen molar-refractivity contribution in [3.05, 3.63) is 36.2 Å². The Kier molecular flexibility index (Phi) is 7.15. The Balaban J connectivity index is 1.88. The monoisotopic (exact) mass is 593 g/mol. The molecule has 9 heteroatoms. The Hall–Kier alpha value is -0.870. The third-order valence-corrected chi connectivity index (χ3v) is 7.49. The van der Waals surface area contributed by atoms with Crippen LogP contribution in [0.25, 0.3) is 21.9 Å². The first-order valence-electron chi connectivity index (χ1n) is 9.23. The largest absolute Gasteiger partial charge is 0.486 e. The first-order valence-corrected chi connectivity index (χ1v) is 11.6. The van der Waals surface area contributed by atoms with Gasteiger partial charge in [-0.25, -0.2) is 4.79 Å². The molecular formula is C20H24Br3N2O4+. The highest BCUT2D eigenvalue weighted by atomic mass is 79.9. The fourth-order valence-corrected chi connectivity index (χ4v) is 4.89.